The standard InChI is InChI=1S/C12H15BrO/c1-4-14-11-5-6-12(9(2)7-11)10(3)8-13/h5-7H,3-4,8H2,1-2H3. The van der Waals surface area contributed by atoms with Gasteiger partial charge in [0.05, 0.1) is 6.61 Å². The molecule has 0 heterocycles. The highest BCUT2D eigenvalue weighted by atomic mass is 79.9. The number of hydrogen-bond donors (Lipinski definition) is 0. The SMILES string of the molecule is C=C(CBr)c1ccc(OCC)cc1C. The lowest BCUT2D eigenvalue weighted by atomic mass is 10.0. The average molecular weight is 255 g/mol. The zero-order valence-electron chi connectivity index (χ0n) is 8.64. The minimum Gasteiger partial charge on any atom is -0.494 e. The lowest BCUT2D eigenvalue weighted by molar-refractivity contribution is 0.340. The number of aryl methyl sites for hydroxylation is 1. The smallest absolute Gasteiger partial charge is 0.119 e. The second-order valence-corrected chi connectivity index (χ2v) is 3.71. The van der Waals surface area contributed by atoms with Crippen LogP contribution in [0.1, 0.15) is 18.1 Å². The molecule has 0 aliphatic heterocycles. The van der Waals surface area contributed by atoms with Gasteiger partial charge in [-0.1, -0.05) is 28.6 Å². The van der Waals surface area contributed by atoms with Crippen molar-refractivity contribution in [3.05, 3.63) is 35.9 Å². The van der Waals surface area contributed by atoms with Gasteiger partial charge in [0.25, 0.3) is 0 Å². The predicted octanol–water partition coefficient (Wildman–Crippen LogP) is 3.80. The molecule has 0 unspecified atom stereocenters. The fourth-order valence-corrected chi connectivity index (χ4v) is 1.66. The Kier molecular flexibility index (Phi) is 4.21. The highest BCUT2D eigenvalue weighted by Gasteiger charge is 2.02. The van der Waals surface area contributed by atoms with Gasteiger partial charge >= 0.3 is 0 Å². The van der Waals surface area contributed by atoms with E-state index < -0.39 is 0 Å². The molecule has 0 bridgehead atoms. The van der Waals surface area contributed by atoms with Crippen molar-refractivity contribution >= 4 is 21.5 Å². The molecule has 1 aromatic rings. The molecule has 1 aromatic carbocycles. The Morgan fingerprint density at radius 3 is 2.71 bits per heavy atom. The Morgan fingerprint density at radius 2 is 2.21 bits per heavy atom. The maximum Gasteiger partial charge on any atom is 0.119 e. The Morgan fingerprint density at radius 1 is 1.50 bits per heavy atom. The Hall–Kier alpha value is -0.760. The van der Waals surface area contributed by atoms with Gasteiger partial charge in [0, 0.05) is 5.33 Å². The molecule has 0 saturated heterocycles. The molecule has 0 N–H and O–H groups in total. The van der Waals surface area contributed by atoms with Crippen LogP contribution >= 0.6 is 15.9 Å². The number of alkyl halides is 1. The zero-order valence-corrected chi connectivity index (χ0v) is 10.2. The first-order valence-corrected chi connectivity index (χ1v) is 5.78. The fourth-order valence-electron chi connectivity index (χ4n) is 1.36. The van der Waals surface area contributed by atoms with Crippen LogP contribution in [0.4, 0.5) is 0 Å². The van der Waals surface area contributed by atoms with E-state index in [9.17, 15) is 0 Å². The minimum atomic E-state index is 0.707. The van der Waals surface area contributed by atoms with E-state index in [-0.39, 0.29) is 0 Å². The number of ether oxygens (including phenoxy) is 1. The molecular weight excluding hydrogens is 240 g/mol. The Balaban J connectivity index is 2.95. The fraction of sp³-hybridized carbons (Fsp3) is 0.333. The molecule has 76 valence electrons. The van der Waals surface area contributed by atoms with E-state index in [1.165, 1.54) is 11.1 Å². The summed E-state index contributed by atoms with van der Waals surface area (Å²) in [4.78, 5) is 0. The van der Waals surface area contributed by atoms with Crippen LogP contribution in [0, 0.1) is 6.92 Å². The van der Waals surface area contributed by atoms with Crippen molar-refractivity contribution in [1.82, 2.24) is 0 Å². The van der Waals surface area contributed by atoms with Gasteiger partial charge in [-0.05, 0) is 42.7 Å². The van der Waals surface area contributed by atoms with Crippen molar-refractivity contribution in [1.29, 1.82) is 0 Å². The van der Waals surface area contributed by atoms with Gasteiger partial charge in [0.2, 0.25) is 0 Å². The third-order valence-corrected chi connectivity index (χ3v) is 2.73. The first-order chi connectivity index (χ1) is 6.69. The molecule has 14 heavy (non-hydrogen) atoms. The van der Waals surface area contributed by atoms with Crippen molar-refractivity contribution in [2.75, 3.05) is 11.9 Å². The van der Waals surface area contributed by atoms with Crippen molar-refractivity contribution < 1.29 is 4.74 Å². The lowest BCUT2D eigenvalue weighted by Crippen LogP contribution is -1.94. The molecule has 0 aromatic heterocycles. The van der Waals surface area contributed by atoms with Gasteiger partial charge < -0.3 is 4.74 Å². The van der Waals surface area contributed by atoms with Gasteiger partial charge in [0.15, 0.2) is 0 Å². The van der Waals surface area contributed by atoms with Crippen molar-refractivity contribution in [3.8, 4) is 5.75 Å². The van der Waals surface area contributed by atoms with Crippen LogP contribution in [0.2, 0.25) is 0 Å². The van der Waals surface area contributed by atoms with Crippen LogP contribution in [0.5, 0.6) is 5.75 Å². The Labute approximate surface area is 93.9 Å². The van der Waals surface area contributed by atoms with Gasteiger partial charge in [-0.2, -0.15) is 0 Å². The number of allylic oxidation sites excluding steroid dienone is 1. The first-order valence-electron chi connectivity index (χ1n) is 4.66. The molecule has 0 fully saturated rings. The number of benzene rings is 1. The number of halogens is 1. The molecule has 0 atom stereocenters. The summed E-state index contributed by atoms with van der Waals surface area (Å²) >= 11 is 3.40. The quantitative estimate of drug-likeness (QED) is 0.743. The lowest BCUT2D eigenvalue weighted by Gasteiger charge is -2.09. The van der Waals surface area contributed by atoms with Crippen molar-refractivity contribution in [2.45, 2.75) is 13.8 Å². The molecule has 1 nitrogen and oxygen atoms in total. The van der Waals surface area contributed by atoms with Gasteiger partial charge in [-0.15, -0.1) is 0 Å². The van der Waals surface area contributed by atoms with E-state index in [1.54, 1.807) is 0 Å². The second kappa shape index (κ2) is 5.20. The van der Waals surface area contributed by atoms with Crippen LogP contribution in [0.25, 0.3) is 5.57 Å². The third kappa shape index (κ3) is 2.61. The molecule has 0 amide bonds. The normalized spacial score (nSPS) is 9.93. The maximum atomic E-state index is 5.41. The predicted molar refractivity (Wildman–Crippen MR) is 65.2 cm³/mol. The molecular formula is C12H15BrO. The van der Waals surface area contributed by atoms with Crippen LogP contribution in [-0.4, -0.2) is 11.9 Å². The summed E-state index contributed by atoms with van der Waals surface area (Å²) in [5.74, 6) is 0.927. The monoisotopic (exact) mass is 254 g/mol. The minimum absolute atomic E-state index is 0.707. The van der Waals surface area contributed by atoms with Crippen molar-refractivity contribution in [2.24, 2.45) is 0 Å². The molecule has 0 saturated carbocycles. The van der Waals surface area contributed by atoms with E-state index in [0.717, 1.165) is 16.7 Å². The van der Waals surface area contributed by atoms with E-state index in [1.807, 2.05) is 19.1 Å². The molecule has 0 aliphatic rings. The van der Waals surface area contributed by atoms with E-state index in [0.29, 0.717) is 6.61 Å². The van der Waals surface area contributed by atoms with Crippen molar-refractivity contribution in [3.63, 3.8) is 0 Å². The molecule has 0 radical (unpaired) electrons. The van der Waals surface area contributed by atoms with Gasteiger partial charge in [0.1, 0.15) is 5.75 Å². The van der Waals surface area contributed by atoms with E-state index >= 15 is 0 Å². The molecule has 1 rings (SSSR count). The number of rotatable bonds is 4. The first kappa shape index (κ1) is 11.3. The topological polar surface area (TPSA) is 9.23 Å². The number of hydrogen-bond acceptors (Lipinski definition) is 1. The van der Waals surface area contributed by atoms with Crippen LogP contribution in [0.3, 0.4) is 0 Å². The van der Waals surface area contributed by atoms with Crippen LogP contribution in [0.15, 0.2) is 24.8 Å². The molecule has 0 aliphatic carbocycles. The van der Waals surface area contributed by atoms with Gasteiger partial charge in [-0.25, -0.2) is 0 Å². The summed E-state index contributed by atoms with van der Waals surface area (Å²) in [5, 5.41) is 0.807. The van der Waals surface area contributed by atoms with Gasteiger partial charge in [-0.3, -0.25) is 0 Å². The highest BCUT2D eigenvalue weighted by Crippen LogP contribution is 2.23. The Bertz CT molecular complexity index is 331. The summed E-state index contributed by atoms with van der Waals surface area (Å²) < 4.78 is 5.41. The summed E-state index contributed by atoms with van der Waals surface area (Å²) in [5.41, 5.74) is 3.51. The highest BCUT2D eigenvalue weighted by molar-refractivity contribution is 9.09. The largest absolute Gasteiger partial charge is 0.494 e. The molecule has 0 spiro atoms. The molecule has 2 heteroatoms. The maximum absolute atomic E-state index is 5.41. The summed E-state index contributed by atoms with van der Waals surface area (Å²) in [7, 11) is 0. The second-order valence-electron chi connectivity index (χ2n) is 3.15. The van der Waals surface area contributed by atoms with E-state index in [4.69, 9.17) is 4.74 Å². The summed E-state index contributed by atoms with van der Waals surface area (Å²) in [6.07, 6.45) is 0. The summed E-state index contributed by atoms with van der Waals surface area (Å²) in [6.45, 7) is 8.76. The average Bonchev–Trinajstić information content (AvgIpc) is 2.17. The summed E-state index contributed by atoms with van der Waals surface area (Å²) in [6, 6.07) is 6.09. The third-order valence-electron chi connectivity index (χ3n) is 2.05. The van der Waals surface area contributed by atoms with E-state index in [2.05, 4.69) is 35.5 Å². The van der Waals surface area contributed by atoms with Crippen LogP contribution in [-0.2, 0) is 0 Å². The zero-order chi connectivity index (χ0) is 10.6. The van der Waals surface area contributed by atoms with Crippen LogP contribution < -0.4 is 4.74 Å².